The highest BCUT2D eigenvalue weighted by molar-refractivity contribution is 6.31. The molecule has 0 spiro atoms. The van der Waals surface area contributed by atoms with Gasteiger partial charge < -0.3 is 5.32 Å². The van der Waals surface area contributed by atoms with Gasteiger partial charge in [-0.2, -0.15) is 13.2 Å². The van der Waals surface area contributed by atoms with Crippen LogP contribution in [0.15, 0.2) is 72.8 Å². The average Bonchev–Trinajstić information content (AvgIpc) is 2.68. The normalized spacial score (nSPS) is 11.6. The molecule has 0 aliphatic carbocycles. The molecule has 0 radical (unpaired) electrons. The molecule has 4 aromatic rings. The minimum Gasteiger partial charge on any atom is -0.340 e. The molecule has 1 aromatic heterocycles. The number of benzene rings is 3. The standard InChI is InChI=1S/C21H13ClF3N3/c22-15-9-10-17-18(12-15)27-19(13-5-2-1-3-6-13)28-20(17)26-16-8-4-7-14(11-16)21(23,24)25/h1-12H,(H,26,27,28). The molecule has 0 aliphatic rings. The zero-order valence-corrected chi connectivity index (χ0v) is 15.1. The van der Waals surface area contributed by atoms with Crippen molar-refractivity contribution in [1.29, 1.82) is 0 Å². The Bertz CT molecular complexity index is 1140. The van der Waals surface area contributed by atoms with Crippen molar-refractivity contribution in [2.24, 2.45) is 0 Å². The number of nitrogens with one attached hydrogen (secondary N) is 1. The third kappa shape index (κ3) is 3.77. The smallest absolute Gasteiger partial charge is 0.340 e. The number of alkyl halides is 3. The topological polar surface area (TPSA) is 37.8 Å². The van der Waals surface area contributed by atoms with Gasteiger partial charge in [-0.15, -0.1) is 0 Å². The van der Waals surface area contributed by atoms with Crippen LogP contribution in [-0.4, -0.2) is 9.97 Å². The van der Waals surface area contributed by atoms with Gasteiger partial charge in [0.25, 0.3) is 0 Å². The van der Waals surface area contributed by atoms with Crippen LogP contribution in [0.2, 0.25) is 5.02 Å². The fraction of sp³-hybridized carbons (Fsp3) is 0.0476. The number of fused-ring (bicyclic) bond motifs is 1. The van der Waals surface area contributed by atoms with E-state index in [1.807, 2.05) is 30.3 Å². The lowest BCUT2D eigenvalue weighted by Crippen LogP contribution is -2.06. The van der Waals surface area contributed by atoms with Crippen LogP contribution in [0.5, 0.6) is 0 Å². The number of rotatable bonds is 3. The summed E-state index contributed by atoms with van der Waals surface area (Å²) < 4.78 is 39.1. The molecule has 28 heavy (non-hydrogen) atoms. The van der Waals surface area contributed by atoms with Crippen LogP contribution in [0.3, 0.4) is 0 Å². The molecule has 140 valence electrons. The Morgan fingerprint density at radius 2 is 1.61 bits per heavy atom. The van der Waals surface area contributed by atoms with E-state index in [2.05, 4.69) is 15.3 Å². The van der Waals surface area contributed by atoms with Crippen LogP contribution in [0.25, 0.3) is 22.3 Å². The third-order valence-electron chi connectivity index (χ3n) is 4.14. The molecule has 0 amide bonds. The number of aromatic nitrogens is 2. The van der Waals surface area contributed by atoms with Crippen LogP contribution in [0.4, 0.5) is 24.7 Å². The maximum Gasteiger partial charge on any atom is 0.416 e. The largest absolute Gasteiger partial charge is 0.416 e. The van der Waals surface area contributed by atoms with Crippen molar-refractivity contribution in [3.63, 3.8) is 0 Å². The summed E-state index contributed by atoms with van der Waals surface area (Å²) in [5, 5.41) is 4.16. The zero-order chi connectivity index (χ0) is 19.7. The van der Waals surface area contributed by atoms with Gasteiger partial charge in [0, 0.05) is 21.7 Å². The van der Waals surface area contributed by atoms with Crippen LogP contribution in [0, 0.1) is 0 Å². The quantitative estimate of drug-likeness (QED) is 0.416. The van der Waals surface area contributed by atoms with E-state index in [0.717, 1.165) is 17.7 Å². The molecule has 1 N–H and O–H groups in total. The Kier molecular flexibility index (Phi) is 4.65. The van der Waals surface area contributed by atoms with Gasteiger partial charge in [-0.25, -0.2) is 9.97 Å². The van der Waals surface area contributed by atoms with E-state index in [-0.39, 0.29) is 5.69 Å². The predicted octanol–water partition coefficient (Wildman–Crippen LogP) is 6.71. The monoisotopic (exact) mass is 399 g/mol. The molecule has 7 heteroatoms. The second-order valence-corrected chi connectivity index (χ2v) is 6.56. The zero-order valence-electron chi connectivity index (χ0n) is 14.3. The van der Waals surface area contributed by atoms with E-state index in [9.17, 15) is 13.2 Å². The summed E-state index contributed by atoms with van der Waals surface area (Å²) in [4.78, 5) is 9.09. The van der Waals surface area contributed by atoms with Crippen LogP contribution < -0.4 is 5.32 Å². The highest BCUT2D eigenvalue weighted by Crippen LogP contribution is 2.33. The highest BCUT2D eigenvalue weighted by atomic mass is 35.5. The molecule has 0 aliphatic heterocycles. The van der Waals surface area contributed by atoms with Crippen LogP contribution >= 0.6 is 11.6 Å². The Hall–Kier alpha value is -3.12. The van der Waals surface area contributed by atoms with E-state index < -0.39 is 11.7 Å². The van der Waals surface area contributed by atoms with E-state index in [1.54, 1.807) is 24.3 Å². The van der Waals surface area contributed by atoms with Crippen molar-refractivity contribution < 1.29 is 13.2 Å². The van der Waals surface area contributed by atoms with E-state index in [0.29, 0.717) is 27.6 Å². The molecule has 0 saturated heterocycles. The van der Waals surface area contributed by atoms with Gasteiger partial charge in [-0.3, -0.25) is 0 Å². The van der Waals surface area contributed by atoms with E-state index >= 15 is 0 Å². The summed E-state index contributed by atoms with van der Waals surface area (Å²) >= 11 is 6.09. The maximum absolute atomic E-state index is 13.0. The number of hydrogen-bond acceptors (Lipinski definition) is 3. The molecule has 0 unspecified atom stereocenters. The molecule has 0 atom stereocenters. The first-order valence-electron chi connectivity index (χ1n) is 8.37. The molecule has 3 aromatic carbocycles. The fourth-order valence-corrected chi connectivity index (χ4v) is 2.99. The second-order valence-electron chi connectivity index (χ2n) is 6.13. The minimum absolute atomic E-state index is 0.281. The Balaban J connectivity index is 1.84. The van der Waals surface area contributed by atoms with Crippen LogP contribution in [0.1, 0.15) is 5.56 Å². The molecule has 0 fully saturated rings. The molecule has 0 bridgehead atoms. The van der Waals surface area contributed by atoms with Crippen molar-refractivity contribution in [3.8, 4) is 11.4 Å². The third-order valence-corrected chi connectivity index (χ3v) is 4.38. The minimum atomic E-state index is -4.42. The Morgan fingerprint density at radius 1 is 0.821 bits per heavy atom. The molecule has 1 heterocycles. The number of nitrogens with zero attached hydrogens (tertiary/aromatic N) is 2. The SMILES string of the molecule is FC(F)(F)c1cccc(Nc2nc(-c3ccccc3)nc3cc(Cl)ccc23)c1. The molecular weight excluding hydrogens is 387 g/mol. The lowest BCUT2D eigenvalue weighted by molar-refractivity contribution is -0.137. The van der Waals surface area contributed by atoms with Gasteiger partial charge >= 0.3 is 6.18 Å². The number of anilines is 2. The van der Waals surface area contributed by atoms with Gasteiger partial charge in [0.1, 0.15) is 5.82 Å². The fourth-order valence-electron chi connectivity index (χ4n) is 2.82. The Labute approximate surface area is 163 Å². The number of hydrogen-bond donors (Lipinski definition) is 1. The van der Waals surface area contributed by atoms with Gasteiger partial charge in [-0.1, -0.05) is 48.0 Å². The summed E-state index contributed by atoms with van der Waals surface area (Å²) in [6.07, 6.45) is -4.42. The summed E-state index contributed by atoms with van der Waals surface area (Å²) in [6.45, 7) is 0. The lowest BCUT2D eigenvalue weighted by atomic mass is 10.1. The lowest BCUT2D eigenvalue weighted by Gasteiger charge is -2.13. The summed E-state index contributed by atoms with van der Waals surface area (Å²) in [6, 6.07) is 19.4. The predicted molar refractivity (Wildman–Crippen MR) is 105 cm³/mol. The first-order valence-corrected chi connectivity index (χ1v) is 8.75. The number of halogens is 4. The summed E-state index contributed by atoms with van der Waals surface area (Å²) in [5.74, 6) is 0.852. The van der Waals surface area contributed by atoms with Crippen molar-refractivity contribution in [2.75, 3.05) is 5.32 Å². The summed E-state index contributed by atoms with van der Waals surface area (Å²) in [7, 11) is 0. The average molecular weight is 400 g/mol. The summed E-state index contributed by atoms with van der Waals surface area (Å²) in [5.41, 5.74) is 0.929. The van der Waals surface area contributed by atoms with Crippen molar-refractivity contribution in [3.05, 3.63) is 83.4 Å². The van der Waals surface area contributed by atoms with E-state index in [4.69, 9.17) is 11.6 Å². The molecule has 0 saturated carbocycles. The van der Waals surface area contributed by atoms with Gasteiger partial charge in [-0.05, 0) is 36.4 Å². The molecular formula is C21H13ClF3N3. The van der Waals surface area contributed by atoms with Gasteiger partial charge in [0.05, 0.1) is 11.1 Å². The van der Waals surface area contributed by atoms with Crippen LogP contribution in [-0.2, 0) is 6.18 Å². The maximum atomic E-state index is 13.0. The first kappa shape index (κ1) is 18.3. The van der Waals surface area contributed by atoms with Gasteiger partial charge in [0.15, 0.2) is 5.82 Å². The second kappa shape index (κ2) is 7.13. The first-order chi connectivity index (χ1) is 13.4. The van der Waals surface area contributed by atoms with Crippen molar-refractivity contribution in [1.82, 2.24) is 9.97 Å². The highest BCUT2D eigenvalue weighted by Gasteiger charge is 2.30. The van der Waals surface area contributed by atoms with E-state index in [1.165, 1.54) is 6.07 Å². The Morgan fingerprint density at radius 3 is 2.36 bits per heavy atom. The van der Waals surface area contributed by atoms with Gasteiger partial charge in [0.2, 0.25) is 0 Å². The molecule has 3 nitrogen and oxygen atoms in total. The molecule has 4 rings (SSSR count). The van der Waals surface area contributed by atoms with Crippen molar-refractivity contribution >= 4 is 34.0 Å². The van der Waals surface area contributed by atoms with Crippen molar-refractivity contribution in [2.45, 2.75) is 6.18 Å².